The highest BCUT2D eigenvalue weighted by Crippen LogP contribution is 2.35. The number of aliphatic imine (C=N–C) groups is 1. The first kappa shape index (κ1) is 22.6. The van der Waals surface area contributed by atoms with Crippen LogP contribution in [0.3, 0.4) is 0 Å². The average molecular weight is 500 g/mol. The zero-order chi connectivity index (χ0) is 24.8. The summed E-state index contributed by atoms with van der Waals surface area (Å²) in [6, 6.07) is 14.0. The minimum absolute atomic E-state index is 0.0612. The van der Waals surface area contributed by atoms with Gasteiger partial charge in [-0.3, -0.25) is 10.2 Å². The molecule has 0 bridgehead atoms. The van der Waals surface area contributed by atoms with Crippen LogP contribution in [-0.2, 0) is 11.3 Å². The summed E-state index contributed by atoms with van der Waals surface area (Å²) in [6.45, 7) is 5.11. The molecule has 3 aromatic rings. The van der Waals surface area contributed by atoms with Gasteiger partial charge in [-0.15, -0.1) is 0 Å². The molecule has 0 saturated carbocycles. The summed E-state index contributed by atoms with van der Waals surface area (Å²) in [5.74, 6) is 1.45. The first-order valence-corrected chi connectivity index (χ1v) is 12.8. The van der Waals surface area contributed by atoms with Gasteiger partial charge in [-0.05, 0) is 54.4 Å². The molecule has 0 spiro atoms. The zero-order valence-corrected chi connectivity index (χ0v) is 20.8. The van der Waals surface area contributed by atoms with Gasteiger partial charge in [0.05, 0.1) is 5.57 Å². The van der Waals surface area contributed by atoms with Crippen molar-refractivity contribution in [3.63, 3.8) is 0 Å². The van der Waals surface area contributed by atoms with Gasteiger partial charge in [-0.25, -0.2) is 0 Å². The lowest BCUT2D eigenvalue weighted by Gasteiger charge is -2.20. The van der Waals surface area contributed by atoms with Gasteiger partial charge < -0.3 is 14.0 Å². The van der Waals surface area contributed by atoms with E-state index >= 15 is 0 Å². The number of thioether (sulfide) groups is 1. The predicted molar refractivity (Wildman–Crippen MR) is 143 cm³/mol. The molecule has 0 radical (unpaired) electrons. The Bertz CT molecular complexity index is 1500. The largest absolute Gasteiger partial charge is 0.454 e. The molecular weight excluding hydrogens is 474 g/mol. The van der Waals surface area contributed by atoms with Gasteiger partial charge in [0, 0.05) is 35.1 Å². The predicted octanol–water partition coefficient (Wildman–Crippen LogP) is 5.47. The number of rotatable bonds is 6. The summed E-state index contributed by atoms with van der Waals surface area (Å²) in [7, 11) is 0. The van der Waals surface area contributed by atoms with Crippen molar-refractivity contribution in [3.8, 4) is 11.5 Å². The van der Waals surface area contributed by atoms with Crippen LogP contribution in [0.2, 0.25) is 0 Å². The number of amides is 1. The Morgan fingerprint density at radius 2 is 1.94 bits per heavy atom. The van der Waals surface area contributed by atoms with E-state index in [9.17, 15) is 4.79 Å². The molecule has 0 aliphatic carbocycles. The van der Waals surface area contributed by atoms with Crippen LogP contribution in [0.5, 0.6) is 11.5 Å². The van der Waals surface area contributed by atoms with Gasteiger partial charge in [0.2, 0.25) is 12.0 Å². The summed E-state index contributed by atoms with van der Waals surface area (Å²) < 4.78 is 13.1. The van der Waals surface area contributed by atoms with Crippen LogP contribution < -0.4 is 9.47 Å². The van der Waals surface area contributed by atoms with E-state index < -0.39 is 5.91 Å². The van der Waals surface area contributed by atoms with Crippen LogP contribution in [-0.4, -0.2) is 38.3 Å². The first-order chi connectivity index (χ1) is 17.6. The molecule has 4 heterocycles. The fraction of sp³-hybridized carbons (Fsp3) is 0.259. The van der Waals surface area contributed by atoms with Crippen molar-refractivity contribution >= 4 is 50.7 Å². The molecular formula is C27H25N5O3S. The number of benzene rings is 2. The van der Waals surface area contributed by atoms with Crippen molar-refractivity contribution in [1.29, 1.82) is 5.41 Å². The maximum absolute atomic E-state index is 13.0. The number of carbonyl (C=O) groups is 1. The Hall–Kier alpha value is -3.85. The number of nitrogens with zero attached hydrogens (tertiary/aromatic N) is 4. The number of fused-ring (bicyclic) bond motifs is 3. The molecule has 3 aliphatic rings. The highest BCUT2D eigenvalue weighted by molar-refractivity contribution is 8.27. The summed E-state index contributed by atoms with van der Waals surface area (Å²) in [5.41, 5.74) is 3.20. The minimum atomic E-state index is -0.410. The number of hydrogen-bond donors (Lipinski definition) is 1. The Balaban J connectivity index is 1.35. The van der Waals surface area contributed by atoms with Crippen LogP contribution in [0.15, 0.2) is 64.3 Å². The highest BCUT2D eigenvalue weighted by atomic mass is 32.2. The van der Waals surface area contributed by atoms with Crippen molar-refractivity contribution in [2.45, 2.75) is 33.2 Å². The van der Waals surface area contributed by atoms with Crippen LogP contribution >= 0.6 is 11.8 Å². The number of nitrogens with one attached hydrogen (secondary N) is 1. The lowest BCUT2D eigenvalue weighted by atomic mass is 10.1. The molecule has 0 saturated heterocycles. The number of amidine groups is 2. The van der Waals surface area contributed by atoms with Crippen LogP contribution in [0.1, 0.15) is 37.8 Å². The summed E-state index contributed by atoms with van der Waals surface area (Å²) >= 11 is 1.40. The molecule has 182 valence electrons. The normalized spacial score (nSPS) is 17.9. The third-order valence-electron chi connectivity index (χ3n) is 6.71. The quantitative estimate of drug-likeness (QED) is 0.454. The van der Waals surface area contributed by atoms with Crippen LogP contribution in [0, 0.1) is 11.3 Å². The van der Waals surface area contributed by atoms with Gasteiger partial charge in [0.25, 0.3) is 5.91 Å². The summed E-state index contributed by atoms with van der Waals surface area (Å²) in [4.78, 5) is 17.3. The third-order valence-corrected chi connectivity index (χ3v) is 7.79. The number of hydrazone groups is 1. The Morgan fingerprint density at radius 3 is 2.78 bits per heavy atom. The fourth-order valence-electron chi connectivity index (χ4n) is 4.72. The molecule has 0 fully saturated rings. The second-order valence-corrected chi connectivity index (χ2v) is 9.88. The molecule has 8 nitrogen and oxygen atoms in total. The molecule has 1 N–H and O–H groups in total. The van der Waals surface area contributed by atoms with E-state index in [1.165, 1.54) is 16.8 Å². The second-order valence-electron chi connectivity index (χ2n) is 8.89. The van der Waals surface area contributed by atoms with Gasteiger partial charge >= 0.3 is 0 Å². The SMILES string of the molecule is CCC(CC)C1=NN2C(=N)C(=Cc3cn(Cc4ccc5c(c4)OCO5)c4ccccc34)C(=O)N=C2S1. The van der Waals surface area contributed by atoms with Crippen molar-refractivity contribution in [3.05, 3.63) is 65.4 Å². The second kappa shape index (κ2) is 8.98. The molecule has 6 rings (SSSR count). The van der Waals surface area contributed by atoms with E-state index in [0.29, 0.717) is 17.6 Å². The number of aromatic nitrogens is 1. The Labute approximate surface area is 212 Å². The minimum Gasteiger partial charge on any atom is -0.454 e. The topological polar surface area (TPSA) is 92.3 Å². The van der Waals surface area contributed by atoms with Crippen molar-refractivity contribution < 1.29 is 14.3 Å². The molecule has 9 heteroatoms. The van der Waals surface area contributed by atoms with Crippen molar-refractivity contribution in [1.82, 2.24) is 9.58 Å². The smallest absolute Gasteiger partial charge is 0.283 e. The molecule has 0 unspecified atom stereocenters. The van der Waals surface area contributed by atoms with E-state index in [1.54, 1.807) is 6.08 Å². The molecule has 36 heavy (non-hydrogen) atoms. The molecule has 1 aromatic heterocycles. The molecule has 3 aliphatic heterocycles. The first-order valence-electron chi connectivity index (χ1n) is 12.0. The lowest BCUT2D eigenvalue weighted by Crippen LogP contribution is -2.35. The maximum atomic E-state index is 13.0. The highest BCUT2D eigenvalue weighted by Gasteiger charge is 2.37. The van der Waals surface area contributed by atoms with Crippen LogP contribution in [0.25, 0.3) is 17.0 Å². The van der Waals surface area contributed by atoms with E-state index in [4.69, 9.17) is 14.9 Å². The van der Waals surface area contributed by atoms with Gasteiger partial charge in [0.1, 0.15) is 5.04 Å². The standard InChI is InChI=1S/C27H25N5O3S/c1-3-17(4-2)26-30-32-24(28)20(25(33)29-27(32)36-26)12-18-14-31(21-8-6-5-7-19(18)21)13-16-9-10-22-23(11-16)35-15-34-22/h5-12,14,17,28H,3-4,13,15H2,1-2H3. The number of hydrogen-bond acceptors (Lipinski definition) is 6. The van der Waals surface area contributed by atoms with Crippen LogP contribution in [0.4, 0.5) is 0 Å². The molecule has 0 atom stereocenters. The average Bonchev–Trinajstić information content (AvgIpc) is 3.60. The van der Waals surface area contributed by atoms with Gasteiger partial charge in [-0.1, -0.05) is 38.1 Å². The number of para-hydroxylation sites is 1. The van der Waals surface area contributed by atoms with E-state index in [0.717, 1.165) is 51.4 Å². The number of ether oxygens (including phenoxy) is 2. The van der Waals surface area contributed by atoms with Gasteiger partial charge in [0.15, 0.2) is 17.3 Å². The fourth-order valence-corrected chi connectivity index (χ4v) is 5.88. The van der Waals surface area contributed by atoms with E-state index in [-0.39, 0.29) is 18.2 Å². The number of carbonyl (C=O) groups excluding carboxylic acids is 1. The third kappa shape index (κ3) is 3.80. The van der Waals surface area contributed by atoms with Crippen molar-refractivity contribution in [2.24, 2.45) is 16.0 Å². The summed E-state index contributed by atoms with van der Waals surface area (Å²) in [6.07, 6.45) is 5.69. The van der Waals surface area contributed by atoms with Crippen molar-refractivity contribution in [2.75, 3.05) is 6.79 Å². The van der Waals surface area contributed by atoms with E-state index in [1.807, 2.05) is 42.6 Å². The van der Waals surface area contributed by atoms with Gasteiger partial charge in [-0.2, -0.15) is 15.1 Å². The maximum Gasteiger partial charge on any atom is 0.283 e. The zero-order valence-electron chi connectivity index (χ0n) is 20.0. The lowest BCUT2D eigenvalue weighted by molar-refractivity contribution is -0.114. The molecule has 2 aromatic carbocycles. The monoisotopic (exact) mass is 499 g/mol. The Kier molecular flexibility index (Phi) is 5.64. The molecule has 1 amide bonds. The summed E-state index contributed by atoms with van der Waals surface area (Å²) in [5, 5.41) is 17.3. The van der Waals surface area contributed by atoms with E-state index in [2.05, 4.69) is 34.6 Å². The Morgan fingerprint density at radius 1 is 1.14 bits per heavy atom.